The lowest BCUT2D eigenvalue weighted by atomic mass is 10.0. The smallest absolute Gasteiger partial charge is 0.305 e. The Morgan fingerprint density at radius 2 is 1.82 bits per heavy atom. The summed E-state index contributed by atoms with van der Waals surface area (Å²) >= 11 is 3.34. The summed E-state index contributed by atoms with van der Waals surface area (Å²) in [6.45, 7) is 1.30. The van der Waals surface area contributed by atoms with Crippen LogP contribution in [0.1, 0.15) is 30.0 Å². The third-order valence-electron chi connectivity index (χ3n) is 4.51. The molecule has 1 aliphatic heterocycles. The first-order valence-electron chi connectivity index (χ1n) is 8.57. The number of carbonyl (C=O) groups excluding carboxylic acids is 3. The minimum absolute atomic E-state index is 0.0833. The van der Waals surface area contributed by atoms with Crippen molar-refractivity contribution in [1.29, 1.82) is 0 Å². The fraction of sp³-hybridized carbons (Fsp3) is 0.190. The number of aryl methyl sites for hydroxylation is 1. The van der Waals surface area contributed by atoms with Crippen LogP contribution in [0.5, 0.6) is 0 Å². The second kappa shape index (κ2) is 7.98. The molecule has 0 unspecified atom stereocenters. The number of esters is 1. The SMILES string of the molecule is COC(=O)CCc1ccc(C(O)=C2C(=O)N(C(C)=O)c3cc(Br)ccc32)cc1. The van der Waals surface area contributed by atoms with E-state index in [0.717, 1.165) is 14.9 Å². The lowest BCUT2D eigenvalue weighted by Gasteiger charge is -2.12. The monoisotopic (exact) mass is 443 g/mol. The number of aliphatic hydroxyl groups is 1. The van der Waals surface area contributed by atoms with E-state index in [1.807, 2.05) is 0 Å². The Balaban J connectivity index is 1.98. The molecule has 0 aliphatic carbocycles. The standard InChI is InChI=1S/C21H18BrNO5/c1-12(24)23-17-11-15(22)8-9-16(17)19(21(23)27)20(26)14-6-3-13(4-7-14)5-10-18(25)28-2/h3-4,6-9,11,26H,5,10H2,1-2H3. The number of aliphatic hydroxyl groups excluding tert-OH is 1. The van der Waals surface area contributed by atoms with E-state index in [1.54, 1.807) is 42.5 Å². The Labute approximate surface area is 170 Å². The van der Waals surface area contributed by atoms with Crippen LogP contribution < -0.4 is 4.90 Å². The number of rotatable bonds is 4. The minimum atomic E-state index is -0.562. The lowest BCUT2D eigenvalue weighted by Crippen LogP contribution is -2.31. The van der Waals surface area contributed by atoms with E-state index in [-0.39, 0.29) is 23.7 Å². The Kier molecular flexibility index (Phi) is 5.65. The molecule has 1 aliphatic rings. The van der Waals surface area contributed by atoms with Crippen molar-refractivity contribution in [3.8, 4) is 0 Å². The fourth-order valence-corrected chi connectivity index (χ4v) is 3.45. The summed E-state index contributed by atoms with van der Waals surface area (Å²) in [5.74, 6) is -1.48. The molecule has 2 aromatic carbocycles. The predicted octanol–water partition coefficient (Wildman–Crippen LogP) is 3.87. The number of halogens is 1. The van der Waals surface area contributed by atoms with Crippen LogP contribution in [0.2, 0.25) is 0 Å². The summed E-state index contributed by atoms with van der Waals surface area (Å²) in [4.78, 5) is 37.1. The Hall–Kier alpha value is -2.93. The maximum Gasteiger partial charge on any atom is 0.305 e. The van der Waals surface area contributed by atoms with Crippen LogP contribution >= 0.6 is 15.9 Å². The van der Waals surface area contributed by atoms with E-state index < -0.39 is 11.8 Å². The molecule has 1 heterocycles. The molecule has 144 valence electrons. The Morgan fingerprint density at radius 1 is 1.14 bits per heavy atom. The van der Waals surface area contributed by atoms with Gasteiger partial charge in [-0.2, -0.15) is 0 Å². The van der Waals surface area contributed by atoms with Gasteiger partial charge in [0.05, 0.1) is 18.4 Å². The van der Waals surface area contributed by atoms with Gasteiger partial charge in [0.25, 0.3) is 5.91 Å². The van der Waals surface area contributed by atoms with Gasteiger partial charge in [-0.25, -0.2) is 4.90 Å². The van der Waals surface area contributed by atoms with Crippen molar-refractivity contribution in [2.45, 2.75) is 19.8 Å². The number of hydrogen-bond donors (Lipinski definition) is 1. The van der Waals surface area contributed by atoms with Gasteiger partial charge in [0.15, 0.2) is 0 Å². The largest absolute Gasteiger partial charge is 0.506 e. The van der Waals surface area contributed by atoms with Gasteiger partial charge < -0.3 is 9.84 Å². The van der Waals surface area contributed by atoms with Crippen molar-refractivity contribution in [2.75, 3.05) is 12.0 Å². The highest BCUT2D eigenvalue weighted by Gasteiger charge is 2.37. The predicted molar refractivity (Wildman–Crippen MR) is 109 cm³/mol. The summed E-state index contributed by atoms with van der Waals surface area (Å²) in [6.07, 6.45) is 0.773. The van der Waals surface area contributed by atoms with E-state index in [2.05, 4.69) is 20.7 Å². The number of nitrogens with zero attached hydrogens (tertiary/aromatic N) is 1. The van der Waals surface area contributed by atoms with Crippen molar-refractivity contribution in [3.05, 3.63) is 63.6 Å². The fourth-order valence-electron chi connectivity index (χ4n) is 3.10. The zero-order valence-corrected chi connectivity index (χ0v) is 16.9. The molecule has 0 saturated heterocycles. The van der Waals surface area contributed by atoms with E-state index in [1.165, 1.54) is 14.0 Å². The van der Waals surface area contributed by atoms with Crippen molar-refractivity contribution in [3.63, 3.8) is 0 Å². The Bertz CT molecular complexity index is 994. The molecule has 28 heavy (non-hydrogen) atoms. The molecule has 0 aromatic heterocycles. The highest BCUT2D eigenvalue weighted by Crippen LogP contribution is 2.41. The number of imide groups is 1. The summed E-state index contributed by atoms with van der Waals surface area (Å²) in [5, 5.41) is 10.8. The van der Waals surface area contributed by atoms with Crippen LogP contribution in [-0.4, -0.2) is 30.0 Å². The molecule has 0 bridgehead atoms. The molecule has 0 radical (unpaired) electrons. The first-order valence-corrected chi connectivity index (χ1v) is 9.37. The number of benzene rings is 2. The molecule has 2 aromatic rings. The van der Waals surface area contributed by atoms with Crippen LogP contribution in [-0.2, 0) is 25.5 Å². The van der Waals surface area contributed by atoms with Gasteiger partial charge in [-0.1, -0.05) is 46.3 Å². The summed E-state index contributed by atoms with van der Waals surface area (Å²) < 4.78 is 5.35. The molecular weight excluding hydrogens is 426 g/mol. The molecule has 6 nitrogen and oxygen atoms in total. The molecule has 3 rings (SSSR count). The zero-order valence-electron chi connectivity index (χ0n) is 15.4. The number of methoxy groups -OCH3 is 1. The van der Waals surface area contributed by atoms with E-state index in [4.69, 9.17) is 0 Å². The highest BCUT2D eigenvalue weighted by molar-refractivity contribution is 9.10. The third kappa shape index (κ3) is 3.71. The number of hydrogen-bond acceptors (Lipinski definition) is 5. The average molecular weight is 444 g/mol. The molecule has 0 atom stereocenters. The van der Waals surface area contributed by atoms with Crippen LogP contribution in [0.4, 0.5) is 5.69 Å². The van der Waals surface area contributed by atoms with Gasteiger partial charge in [-0.05, 0) is 24.1 Å². The van der Waals surface area contributed by atoms with Crippen LogP contribution in [0.3, 0.4) is 0 Å². The first-order chi connectivity index (χ1) is 13.3. The lowest BCUT2D eigenvalue weighted by molar-refractivity contribution is -0.140. The number of ether oxygens (including phenoxy) is 1. The first kappa shape index (κ1) is 19.8. The van der Waals surface area contributed by atoms with Crippen molar-refractivity contribution >= 4 is 50.7 Å². The number of fused-ring (bicyclic) bond motifs is 1. The van der Waals surface area contributed by atoms with E-state index in [0.29, 0.717) is 23.2 Å². The van der Waals surface area contributed by atoms with Crippen molar-refractivity contribution in [2.24, 2.45) is 0 Å². The topological polar surface area (TPSA) is 83.9 Å². The van der Waals surface area contributed by atoms with Gasteiger partial charge in [-0.3, -0.25) is 14.4 Å². The second-order valence-corrected chi connectivity index (χ2v) is 7.23. The van der Waals surface area contributed by atoms with Crippen molar-refractivity contribution in [1.82, 2.24) is 0 Å². The molecule has 1 N–H and O–H groups in total. The van der Waals surface area contributed by atoms with Crippen LogP contribution in [0.15, 0.2) is 46.9 Å². The van der Waals surface area contributed by atoms with Crippen LogP contribution in [0, 0.1) is 0 Å². The van der Waals surface area contributed by atoms with Gasteiger partial charge in [0.1, 0.15) is 5.76 Å². The molecular formula is C21H18BrNO5. The second-order valence-electron chi connectivity index (χ2n) is 6.32. The van der Waals surface area contributed by atoms with Gasteiger partial charge in [0.2, 0.25) is 5.91 Å². The van der Waals surface area contributed by atoms with Gasteiger partial charge in [-0.15, -0.1) is 0 Å². The average Bonchev–Trinajstić information content (AvgIpc) is 2.96. The number of anilines is 1. The summed E-state index contributed by atoms with van der Waals surface area (Å²) in [7, 11) is 1.34. The minimum Gasteiger partial charge on any atom is -0.506 e. The molecule has 0 saturated carbocycles. The van der Waals surface area contributed by atoms with E-state index in [9.17, 15) is 19.5 Å². The maximum atomic E-state index is 12.8. The number of carbonyl (C=O) groups is 3. The number of amides is 2. The quantitative estimate of drug-likeness (QED) is 0.440. The molecule has 0 spiro atoms. The van der Waals surface area contributed by atoms with Crippen molar-refractivity contribution < 1.29 is 24.2 Å². The van der Waals surface area contributed by atoms with E-state index >= 15 is 0 Å². The normalized spacial score (nSPS) is 14.7. The zero-order chi connectivity index (χ0) is 20.4. The molecule has 2 amide bonds. The molecule has 7 heteroatoms. The molecule has 0 fully saturated rings. The van der Waals surface area contributed by atoms with Crippen LogP contribution in [0.25, 0.3) is 11.3 Å². The maximum absolute atomic E-state index is 12.8. The third-order valence-corrected chi connectivity index (χ3v) is 5.00. The summed E-state index contributed by atoms with van der Waals surface area (Å²) in [6, 6.07) is 12.0. The Morgan fingerprint density at radius 3 is 2.43 bits per heavy atom. The van der Waals surface area contributed by atoms with Gasteiger partial charge >= 0.3 is 5.97 Å². The summed E-state index contributed by atoms with van der Waals surface area (Å²) in [5.41, 5.74) is 2.36. The highest BCUT2D eigenvalue weighted by atomic mass is 79.9. The van der Waals surface area contributed by atoms with Gasteiger partial charge in [0, 0.05) is 28.9 Å².